The topological polar surface area (TPSA) is 68.1 Å². The predicted molar refractivity (Wildman–Crippen MR) is 50.6 cm³/mol. The van der Waals surface area contributed by atoms with E-state index in [2.05, 4.69) is 23.5 Å². The molecule has 13 heavy (non-hydrogen) atoms. The van der Waals surface area contributed by atoms with Crippen molar-refractivity contribution in [3.63, 3.8) is 0 Å². The van der Waals surface area contributed by atoms with E-state index in [0.29, 0.717) is 12.5 Å². The second-order valence-corrected chi connectivity index (χ2v) is 3.97. The van der Waals surface area contributed by atoms with E-state index in [1.807, 2.05) is 0 Å². The number of rotatable bonds is 7. The maximum Gasteiger partial charge on any atom is 0.319 e. The molecule has 0 aromatic rings. The minimum atomic E-state index is -2.41. The minimum absolute atomic E-state index is 0.00990. The van der Waals surface area contributed by atoms with Gasteiger partial charge in [0.2, 0.25) is 0 Å². The second kappa shape index (κ2) is 8.23. The van der Waals surface area contributed by atoms with Gasteiger partial charge in [0, 0.05) is 0 Å². The van der Waals surface area contributed by atoms with Crippen LogP contribution < -0.4 is 0 Å². The summed E-state index contributed by atoms with van der Waals surface area (Å²) in [6, 6.07) is 0. The Bertz CT molecular complexity index is 172. The molecule has 0 rings (SSSR count). The van der Waals surface area contributed by atoms with E-state index in [1.165, 1.54) is 0 Å². The van der Waals surface area contributed by atoms with Gasteiger partial charge in [-0.05, 0) is 12.3 Å². The molecule has 0 aromatic heterocycles. The Hall–Kier alpha value is -0.380. The van der Waals surface area contributed by atoms with Crippen LogP contribution >= 0.6 is 8.25 Å². The average molecular weight is 209 g/mol. The quantitative estimate of drug-likeness (QED) is 0.301. The molecule has 0 spiro atoms. The van der Waals surface area contributed by atoms with Gasteiger partial charge in [0.15, 0.2) is 0 Å². The van der Waals surface area contributed by atoms with Crippen LogP contribution in [0.2, 0.25) is 0 Å². The molecule has 6 heteroatoms. The fourth-order valence-corrected chi connectivity index (χ4v) is 1.14. The lowest BCUT2D eigenvalue weighted by Crippen LogP contribution is -1.95. The van der Waals surface area contributed by atoms with Gasteiger partial charge >= 0.3 is 8.25 Å². The van der Waals surface area contributed by atoms with E-state index in [-0.39, 0.29) is 6.61 Å². The van der Waals surface area contributed by atoms with E-state index < -0.39 is 8.25 Å². The van der Waals surface area contributed by atoms with Crippen molar-refractivity contribution in [3.8, 4) is 0 Å². The van der Waals surface area contributed by atoms with E-state index in [9.17, 15) is 4.57 Å². The molecule has 1 N–H and O–H groups in total. The van der Waals surface area contributed by atoms with Crippen molar-refractivity contribution in [3.05, 3.63) is 0 Å². The van der Waals surface area contributed by atoms with Crippen molar-refractivity contribution in [1.82, 2.24) is 0 Å². The number of hydrogen-bond donors (Lipinski definition) is 1. The molecule has 0 heterocycles. The van der Waals surface area contributed by atoms with Crippen LogP contribution in [0.25, 0.3) is 0 Å². The minimum Gasteiger partial charge on any atom is -0.411 e. The molecule has 0 saturated carbocycles. The number of nitrogens with zero attached hydrogens (tertiary/aromatic N) is 1. The molecule has 0 aromatic carbocycles. The van der Waals surface area contributed by atoms with E-state index in [4.69, 9.17) is 9.73 Å². The molecule has 0 aliphatic rings. The molecule has 78 valence electrons. The Morgan fingerprint density at radius 2 is 2.23 bits per heavy atom. The van der Waals surface area contributed by atoms with Crippen LogP contribution in [0.3, 0.4) is 0 Å². The summed E-state index contributed by atoms with van der Waals surface area (Å²) in [5.41, 5.74) is 0. The highest BCUT2D eigenvalue weighted by Gasteiger charge is 1.99. The third kappa shape index (κ3) is 9.53. The van der Waals surface area contributed by atoms with Crippen LogP contribution in [0.4, 0.5) is 0 Å². The first-order valence-electron chi connectivity index (χ1n) is 4.12. The molecule has 0 saturated heterocycles. The SMILES string of the molecule is CC(C)CCO[PH](=O)OCC=NO. The predicted octanol–water partition coefficient (Wildman–Crippen LogP) is 1.92. The summed E-state index contributed by atoms with van der Waals surface area (Å²) in [6.45, 7) is 4.56. The van der Waals surface area contributed by atoms with Crippen LogP contribution in [-0.4, -0.2) is 24.6 Å². The van der Waals surface area contributed by atoms with E-state index in [0.717, 1.165) is 12.6 Å². The fraction of sp³-hybridized carbons (Fsp3) is 0.857. The zero-order chi connectivity index (χ0) is 10.1. The largest absolute Gasteiger partial charge is 0.411 e. The standard InChI is InChI=1S/C7H16NO4P/c1-7(2)3-5-11-13(10)12-6-4-8-9/h4,7,9,13H,3,5-6H2,1-2H3. The van der Waals surface area contributed by atoms with Crippen molar-refractivity contribution < 1.29 is 18.8 Å². The molecular weight excluding hydrogens is 193 g/mol. The summed E-state index contributed by atoms with van der Waals surface area (Å²) < 4.78 is 20.5. The van der Waals surface area contributed by atoms with Gasteiger partial charge in [-0.3, -0.25) is 4.57 Å². The van der Waals surface area contributed by atoms with Crippen LogP contribution in [0, 0.1) is 5.92 Å². The van der Waals surface area contributed by atoms with Gasteiger partial charge in [-0.25, -0.2) is 0 Å². The van der Waals surface area contributed by atoms with Gasteiger partial charge in [-0.1, -0.05) is 19.0 Å². The van der Waals surface area contributed by atoms with Crippen LogP contribution in [0.15, 0.2) is 5.16 Å². The highest BCUT2D eigenvalue weighted by molar-refractivity contribution is 7.33. The van der Waals surface area contributed by atoms with Crippen molar-refractivity contribution >= 4 is 14.5 Å². The average Bonchev–Trinajstić information content (AvgIpc) is 2.04. The maximum absolute atomic E-state index is 10.9. The Morgan fingerprint density at radius 3 is 2.77 bits per heavy atom. The fourth-order valence-electron chi connectivity index (χ4n) is 0.558. The first-order chi connectivity index (χ1) is 6.16. The summed E-state index contributed by atoms with van der Waals surface area (Å²) in [4.78, 5) is 0. The van der Waals surface area contributed by atoms with Crippen LogP contribution in [0.1, 0.15) is 20.3 Å². The smallest absolute Gasteiger partial charge is 0.319 e. The lowest BCUT2D eigenvalue weighted by Gasteiger charge is -2.05. The summed E-state index contributed by atoms with van der Waals surface area (Å²) in [5, 5.41) is 10.7. The number of oxime groups is 1. The molecule has 1 atom stereocenters. The lowest BCUT2D eigenvalue weighted by atomic mass is 10.2. The monoisotopic (exact) mass is 209 g/mol. The van der Waals surface area contributed by atoms with Gasteiger partial charge in [-0.2, -0.15) is 0 Å². The maximum atomic E-state index is 10.9. The van der Waals surface area contributed by atoms with E-state index in [1.54, 1.807) is 0 Å². The summed E-state index contributed by atoms with van der Waals surface area (Å²) >= 11 is 0. The Morgan fingerprint density at radius 1 is 1.54 bits per heavy atom. The molecule has 1 unspecified atom stereocenters. The molecule has 0 aliphatic heterocycles. The van der Waals surface area contributed by atoms with Crippen molar-refractivity contribution in [2.45, 2.75) is 20.3 Å². The Balaban J connectivity index is 3.30. The molecule has 0 radical (unpaired) electrons. The van der Waals surface area contributed by atoms with E-state index >= 15 is 0 Å². The third-order valence-electron chi connectivity index (χ3n) is 1.27. The number of hydrogen-bond acceptors (Lipinski definition) is 5. The first kappa shape index (κ1) is 12.6. The Kier molecular flexibility index (Phi) is 7.99. The van der Waals surface area contributed by atoms with Gasteiger partial charge in [0.25, 0.3) is 0 Å². The molecule has 0 bridgehead atoms. The first-order valence-corrected chi connectivity index (χ1v) is 5.34. The van der Waals surface area contributed by atoms with Crippen molar-refractivity contribution in [1.29, 1.82) is 0 Å². The highest BCUT2D eigenvalue weighted by Crippen LogP contribution is 2.23. The zero-order valence-corrected chi connectivity index (χ0v) is 8.90. The van der Waals surface area contributed by atoms with Crippen LogP contribution in [0.5, 0.6) is 0 Å². The summed E-state index contributed by atoms with van der Waals surface area (Å²) in [6.07, 6.45) is 1.96. The molecular formula is C7H16NO4P. The molecule has 0 fully saturated rings. The van der Waals surface area contributed by atoms with Gasteiger partial charge < -0.3 is 14.3 Å². The lowest BCUT2D eigenvalue weighted by molar-refractivity contribution is 0.233. The van der Waals surface area contributed by atoms with Crippen molar-refractivity contribution in [2.75, 3.05) is 13.2 Å². The van der Waals surface area contributed by atoms with Crippen LogP contribution in [-0.2, 0) is 13.6 Å². The summed E-state index contributed by atoms with van der Waals surface area (Å²) in [7, 11) is -2.41. The zero-order valence-electron chi connectivity index (χ0n) is 7.90. The highest BCUT2D eigenvalue weighted by atomic mass is 31.1. The Labute approximate surface area is 78.7 Å². The molecule has 0 amide bonds. The van der Waals surface area contributed by atoms with Gasteiger partial charge in [0.1, 0.15) is 0 Å². The van der Waals surface area contributed by atoms with Crippen molar-refractivity contribution in [2.24, 2.45) is 11.1 Å². The molecule has 0 aliphatic carbocycles. The summed E-state index contributed by atoms with van der Waals surface area (Å²) in [5.74, 6) is 0.522. The van der Waals surface area contributed by atoms with Gasteiger partial charge in [-0.15, -0.1) is 0 Å². The second-order valence-electron chi connectivity index (χ2n) is 2.89. The van der Waals surface area contributed by atoms with Gasteiger partial charge in [0.05, 0.1) is 19.4 Å². The molecule has 5 nitrogen and oxygen atoms in total. The normalized spacial score (nSPS) is 14.1. The third-order valence-corrected chi connectivity index (χ3v) is 2.11.